The van der Waals surface area contributed by atoms with E-state index in [4.69, 9.17) is 5.21 Å². The molecule has 3 nitrogen and oxygen atoms in total. The van der Waals surface area contributed by atoms with E-state index in [1.807, 2.05) is 0 Å². The summed E-state index contributed by atoms with van der Waals surface area (Å²) in [6, 6.07) is 0. The van der Waals surface area contributed by atoms with Crippen LogP contribution in [0.5, 0.6) is 0 Å². The maximum absolute atomic E-state index is 10.5. The molecule has 3 heteroatoms. The average Bonchev–Trinajstić information content (AvgIpc) is 2.15. The van der Waals surface area contributed by atoms with Gasteiger partial charge in [0, 0.05) is 12.8 Å². The van der Waals surface area contributed by atoms with Crippen molar-refractivity contribution >= 4 is 5.91 Å². The lowest BCUT2D eigenvalue weighted by atomic mass is 10.3. The third-order valence-electron chi connectivity index (χ3n) is 1.27. The fourth-order valence-electron chi connectivity index (χ4n) is 0.751. The van der Waals surface area contributed by atoms with Crippen molar-refractivity contribution < 1.29 is 10.0 Å². The summed E-state index contributed by atoms with van der Waals surface area (Å²) in [5, 5.41) is 9.41. The molecule has 0 aromatic carbocycles. The Labute approximate surface area is 52.8 Å². The van der Waals surface area contributed by atoms with Crippen molar-refractivity contribution in [1.29, 1.82) is 0 Å². The molecule has 0 aromatic heterocycles. The zero-order valence-electron chi connectivity index (χ0n) is 4.92. The van der Waals surface area contributed by atoms with E-state index in [2.05, 4.69) is 12.3 Å². The second-order valence-corrected chi connectivity index (χ2v) is 1.83. The highest BCUT2D eigenvalue weighted by Gasteiger charge is 2.23. The smallest absolute Gasteiger partial charge is 0.251 e. The Balaban J connectivity index is 2.85. The highest BCUT2D eigenvalue weighted by atomic mass is 16.5. The van der Waals surface area contributed by atoms with Crippen LogP contribution in [0.3, 0.4) is 0 Å². The Morgan fingerprint density at radius 1 is 1.67 bits per heavy atom. The fourth-order valence-corrected chi connectivity index (χ4v) is 0.751. The molecular formula is C6H7NO2. The van der Waals surface area contributed by atoms with Gasteiger partial charge in [0.25, 0.3) is 5.91 Å². The van der Waals surface area contributed by atoms with Crippen molar-refractivity contribution in [2.24, 2.45) is 0 Å². The van der Waals surface area contributed by atoms with Gasteiger partial charge in [0.05, 0.1) is 5.70 Å². The molecule has 1 fully saturated rings. The predicted molar refractivity (Wildman–Crippen MR) is 30.5 cm³/mol. The summed E-state index contributed by atoms with van der Waals surface area (Å²) in [5.74, 6) is -0.277. The third-order valence-corrected chi connectivity index (χ3v) is 1.27. The van der Waals surface area contributed by atoms with E-state index in [1.165, 1.54) is 0 Å². The maximum Gasteiger partial charge on any atom is 0.251 e. The van der Waals surface area contributed by atoms with E-state index in [0.717, 1.165) is 0 Å². The lowest BCUT2D eigenvalue weighted by molar-refractivity contribution is -0.151. The molecule has 48 valence electrons. The van der Waals surface area contributed by atoms with Crippen molar-refractivity contribution in [2.75, 3.05) is 0 Å². The summed E-state index contributed by atoms with van der Waals surface area (Å²) in [7, 11) is 0. The van der Waals surface area contributed by atoms with Gasteiger partial charge >= 0.3 is 0 Å². The number of allylic oxidation sites excluding steroid dienone is 1. The minimum absolute atomic E-state index is 0.277. The topological polar surface area (TPSA) is 40.5 Å². The van der Waals surface area contributed by atoms with Crippen molar-refractivity contribution in [3.05, 3.63) is 18.0 Å². The molecule has 0 bridgehead atoms. The van der Waals surface area contributed by atoms with Gasteiger partial charge in [-0.05, 0) is 0 Å². The summed E-state index contributed by atoms with van der Waals surface area (Å²) >= 11 is 0. The summed E-state index contributed by atoms with van der Waals surface area (Å²) in [5.41, 5.74) is 2.94. The first kappa shape index (κ1) is 6.08. The number of rotatable bonds is 0. The van der Waals surface area contributed by atoms with Gasteiger partial charge < -0.3 is 0 Å². The van der Waals surface area contributed by atoms with Crippen molar-refractivity contribution in [2.45, 2.75) is 12.8 Å². The zero-order chi connectivity index (χ0) is 6.85. The monoisotopic (exact) mass is 125 g/mol. The highest BCUT2D eigenvalue weighted by molar-refractivity contribution is 5.79. The molecule has 1 heterocycles. The Hall–Kier alpha value is -1.05. The minimum atomic E-state index is -0.277. The quantitative estimate of drug-likeness (QED) is 0.381. The number of nitrogens with zero attached hydrogens (tertiary/aromatic N) is 1. The highest BCUT2D eigenvalue weighted by Crippen LogP contribution is 2.17. The van der Waals surface area contributed by atoms with Gasteiger partial charge in [-0.1, -0.05) is 6.58 Å². The summed E-state index contributed by atoms with van der Waals surface area (Å²) < 4.78 is 0. The third kappa shape index (κ3) is 0.875. The van der Waals surface area contributed by atoms with Crippen LogP contribution in [0.4, 0.5) is 0 Å². The summed E-state index contributed by atoms with van der Waals surface area (Å²) in [6.07, 6.45) is 0.924. The summed E-state index contributed by atoms with van der Waals surface area (Å²) in [4.78, 5) is 10.5. The molecule has 0 atom stereocenters. The number of hydrogen-bond acceptors (Lipinski definition) is 2. The number of carbonyl (C=O) groups is 1. The van der Waals surface area contributed by atoms with Gasteiger partial charge in [0.1, 0.15) is 0 Å². The van der Waals surface area contributed by atoms with Crippen LogP contribution in [-0.2, 0) is 4.79 Å². The second kappa shape index (κ2) is 2.05. The molecule has 0 spiro atoms. The molecular weight excluding hydrogens is 118 g/mol. The first-order valence-corrected chi connectivity index (χ1v) is 2.66. The summed E-state index contributed by atoms with van der Waals surface area (Å²) in [6.45, 7) is 3.31. The molecule has 0 saturated carbocycles. The number of hydrogen-bond donors (Lipinski definition) is 1. The molecule has 1 aliphatic rings. The van der Waals surface area contributed by atoms with Gasteiger partial charge in [-0.2, -0.15) is 5.06 Å². The van der Waals surface area contributed by atoms with E-state index in [-0.39, 0.29) is 5.91 Å². The molecule has 1 rings (SSSR count). The Bertz CT molecular complexity index is 191. The molecule has 1 amide bonds. The molecule has 1 aliphatic heterocycles. The van der Waals surface area contributed by atoms with Crippen LogP contribution in [-0.4, -0.2) is 16.2 Å². The second-order valence-electron chi connectivity index (χ2n) is 1.83. The molecule has 0 radical (unpaired) electrons. The van der Waals surface area contributed by atoms with E-state index < -0.39 is 0 Å². The van der Waals surface area contributed by atoms with E-state index in [1.54, 1.807) is 0 Å². The van der Waals surface area contributed by atoms with E-state index in [9.17, 15) is 4.79 Å². The van der Waals surface area contributed by atoms with E-state index in [0.29, 0.717) is 23.6 Å². The number of hydroxylamine groups is 2. The van der Waals surface area contributed by atoms with Gasteiger partial charge in [-0.3, -0.25) is 10.0 Å². The predicted octanol–water partition coefficient (Wildman–Crippen LogP) is 0.667. The van der Waals surface area contributed by atoms with Crippen molar-refractivity contribution in [3.63, 3.8) is 0 Å². The fraction of sp³-hybridized carbons (Fsp3) is 0.333. The molecule has 0 aliphatic carbocycles. The molecule has 0 unspecified atom stereocenters. The van der Waals surface area contributed by atoms with Crippen LogP contribution >= 0.6 is 0 Å². The minimum Gasteiger partial charge on any atom is -0.281 e. The Morgan fingerprint density at radius 2 is 2.33 bits per heavy atom. The van der Waals surface area contributed by atoms with Crippen LogP contribution in [0, 0.1) is 0 Å². The lowest BCUT2D eigenvalue weighted by Gasteiger charge is -2.03. The Morgan fingerprint density at radius 3 is 2.56 bits per heavy atom. The SMILES string of the molecule is C=C=C1CCC(=O)N1O. The standard InChI is InChI=1S/C6H7NO2/c1-2-5-3-4-6(8)7(5)9/h9H,1,3-4H2. The molecule has 1 N–H and O–H groups in total. The van der Waals surface area contributed by atoms with Crippen LogP contribution in [0.25, 0.3) is 0 Å². The van der Waals surface area contributed by atoms with Crippen LogP contribution in [0.15, 0.2) is 18.0 Å². The molecule has 0 aromatic rings. The average molecular weight is 125 g/mol. The maximum atomic E-state index is 10.5. The Kier molecular flexibility index (Phi) is 1.39. The first-order valence-electron chi connectivity index (χ1n) is 2.66. The lowest BCUT2D eigenvalue weighted by Crippen LogP contribution is -2.17. The van der Waals surface area contributed by atoms with Crippen LogP contribution in [0.2, 0.25) is 0 Å². The normalized spacial score (nSPS) is 18.6. The largest absolute Gasteiger partial charge is 0.281 e. The number of carbonyl (C=O) groups excluding carboxylic acids is 1. The van der Waals surface area contributed by atoms with Crippen LogP contribution < -0.4 is 0 Å². The van der Waals surface area contributed by atoms with Gasteiger partial charge in [-0.15, -0.1) is 5.73 Å². The van der Waals surface area contributed by atoms with Crippen molar-refractivity contribution in [3.8, 4) is 0 Å². The van der Waals surface area contributed by atoms with Crippen molar-refractivity contribution in [1.82, 2.24) is 5.06 Å². The first-order chi connectivity index (χ1) is 4.25. The van der Waals surface area contributed by atoms with Gasteiger partial charge in [-0.25, -0.2) is 0 Å². The van der Waals surface area contributed by atoms with Gasteiger partial charge in [0.15, 0.2) is 0 Å². The zero-order valence-corrected chi connectivity index (χ0v) is 4.92. The van der Waals surface area contributed by atoms with Crippen LogP contribution in [0.1, 0.15) is 12.8 Å². The number of amides is 1. The van der Waals surface area contributed by atoms with E-state index >= 15 is 0 Å². The molecule has 9 heavy (non-hydrogen) atoms. The van der Waals surface area contributed by atoms with Gasteiger partial charge in [0.2, 0.25) is 0 Å². The molecule has 1 saturated heterocycles.